The van der Waals surface area contributed by atoms with Crippen molar-refractivity contribution >= 4 is 56.4 Å². The largest absolute Gasteiger partial charge is 0.490 e. The summed E-state index contributed by atoms with van der Waals surface area (Å²) in [4.78, 5) is 14.5. The van der Waals surface area contributed by atoms with E-state index in [2.05, 4.69) is 16.4 Å². The number of anilines is 1. The minimum Gasteiger partial charge on any atom is -0.475 e. The maximum absolute atomic E-state index is 10.6. The zero-order chi connectivity index (χ0) is 22.5. The molecule has 0 amide bonds. The Morgan fingerprint density at radius 3 is 2.60 bits per heavy atom. The molecule has 0 aromatic carbocycles. The van der Waals surface area contributed by atoms with Gasteiger partial charge in [0.15, 0.2) is 0 Å². The Kier molecular flexibility index (Phi) is 8.78. The molecule has 30 heavy (non-hydrogen) atoms. The van der Waals surface area contributed by atoms with Crippen molar-refractivity contribution in [3.63, 3.8) is 0 Å². The molecule has 3 rings (SSSR count). The molecule has 166 valence electrons. The molecule has 4 N–H and O–H groups in total. The molecule has 0 unspecified atom stereocenters. The summed E-state index contributed by atoms with van der Waals surface area (Å²) >= 11 is 14.5. The number of halogens is 5. The molecule has 1 aliphatic carbocycles. The number of alkyl halides is 3. The summed E-state index contributed by atoms with van der Waals surface area (Å²) in [6.07, 6.45) is 3.58. The van der Waals surface area contributed by atoms with E-state index in [9.17, 15) is 13.2 Å². The number of aliphatic carboxylic acids is 1. The highest BCUT2D eigenvalue weighted by atomic mass is 35.5. The Morgan fingerprint density at radius 2 is 2.03 bits per heavy atom. The number of hydrogen-bond acceptors (Lipinski definition) is 5. The van der Waals surface area contributed by atoms with Gasteiger partial charge in [0.1, 0.15) is 10.7 Å². The number of pyridine rings is 1. The van der Waals surface area contributed by atoms with Crippen molar-refractivity contribution in [1.29, 1.82) is 0 Å². The van der Waals surface area contributed by atoms with Gasteiger partial charge in [0, 0.05) is 29.4 Å². The van der Waals surface area contributed by atoms with Crippen LogP contribution in [0.2, 0.25) is 10.2 Å². The van der Waals surface area contributed by atoms with Gasteiger partial charge in [-0.1, -0.05) is 48.2 Å². The highest BCUT2D eigenvalue weighted by Crippen LogP contribution is 2.46. The number of carbonyl (C=O) groups is 1. The third-order valence-corrected chi connectivity index (χ3v) is 6.66. The van der Waals surface area contributed by atoms with Crippen LogP contribution in [0.5, 0.6) is 0 Å². The average Bonchev–Trinajstić information content (AvgIpc) is 2.99. The van der Waals surface area contributed by atoms with Gasteiger partial charge in [-0.15, -0.1) is 11.3 Å². The number of hydrogen-bond donors (Lipinski definition) is 3. The predicted octanol–water partition coefficient (Wildman–Crippen LogP) is 6.21. The standard InChI is InChI=1S/C17H21Cl2N3S.C2HF3O2/c1-2-3-8-21-12-9-13(18)22-15-14(19)16(23-17(12)15)10-6-4-5-7-11(10)20;3-2(4,5)1(6)7/h2-3,9-11H,4-8,20H2,1H3,(H,21,22);(H,6,7)/b3-2-;/t10-,11-;/m0./s1. The van der Waals surface area contributed by atoms with E-state index < -0.39 is 12.1 Å². The lowest BCUT2D eigenvalue weighted by molar-refractivity contribution is -0.192. The van der Waals surface area contributed by atoms with E-state index in [1.165, 1.54) is 12.8 Å². The molecule has 11 heteroatoms. The van der Waals surface area contributed by atoms with Crippen LogP contribution in [0.1, 0.15) is 43.4 Å². The number of rotatable bonds is 4. The molecular weight excluding hydrogens is 462 g/mol. The summed E-state index contributed by atoms with van der Waals surface area (Å²) in [5, 5.41) is 11.7. The van der Waals surface area contributed by atoms with E-state index in [0.717, 1.165) is 45.2 Å². The zero-order valence-corrected chi connectivity index (χ0v) is 18.4. The summed E-state index contributed by atoms with van der Waals surface area (Å²) in [5.74, 6) is -2.43. The van der Waals surface area contributed by atoms with Crippen LogP contribution in [0.25, 0.3) is 10.2 Å². The van der Waals surface area contributed by atoms with Crippen molar-refractivity contribution in [3.8, 4) is 0 Å². The Balaban J connectivity index is 0.000000396. The Hall–Kier alpha value is -1.55. The Bertz CT molecular complexity index is 919. The number of thiophene rings is 1. The van der Waals surface area contributed by atoms with E-state index in [1.54, 1.807) is 11.3 Å². The van der Waals surface area contributed by atoms with Crippen LogP contribution in [0.15, 0.2) is 18.2 Å². The van der Waals surface area contributed by atoms with Gasteiger partial charge in [-0.2, -0.15) is 13.2 Å². The first-order valence-electron chi connectivity index (χ1n) is 9.25. The van der Waals surface area contributed by atoms with E-state index in [4.69, 9.17) is 38.8 Å². The molecule has 0 spiro atoms. The molecule has 2 heterocycles. The molecule has 0 aliphatic heterocycles. The van der Waals surface area contributed by atoms with Gasteiger partial charge < -0.3 is 16.2 Å². The molecule has 2 aromatic heterocycles. The second kappa shape index (κ2) is 10.7. The molecular formula is C19H22Cl2F3N3O2S. The number of allylic oxidation sites excluding steroid dienone is 1. The van der Waals surface area contributed by atoms with Crippen molar-refractivity contribution in [2.75, 3.05) is 11.9 Å². The number of carboxylic acid groups (broad SMARTS) is 1. The number of nitrogens with zero attached hydrogens (tertiary/aromatic N) is 1. The minimum absolute atomic E-state index is 0.184. The van der Waals surface area contributed by atoms with E-state index in [1.807, 2.05) is 19.1 Å². The van der Waals surface area contributed by atoms with E-state index in [0.29, 0.717) is 11.1 Å². The molecule has 1 aliphatic rings. The fourth-order valence-corrected chi connectivity index (χ4v) is 5.15. The fourth-order valence-electron chi connectivity index (χ4n) is 3.17. The maximum Gasteiger partial charge on any atom is 0.490 e. The lowest BCUT2D eigenvalue weighted by Crippen LogP contribution is -2.30. The van der Waals surface area contributed by atoms with Crippen molar-refractivity contribution < 1.29 is 23.1 Å². The van der Waals surface area contributed by atoms with Gasteiger partial charge in [-0.05, 0) is 19.8 Å². The fraction of sp³-hybridized carbons (Fsp3) is 0.474. The number of aromatic nitrogens is 1. The molecule has 2 aromatic rings. The molecule has 1 fully saturated rings. The monoisotopic (exact) mass is 483 g/mol. The van der Waals surface area contributed by atoms with Crippen molar-refractivity contribution in [2.45, 2.75) is 50.7 Å². The lowest BCUT2D eigenvalue weighted by atomic mass is 9.84. The molecule has 0 bridgehead atoms. The topological polar surface area (TPSA) is 88.2 Å². The number of nitrogens with one attached hydrogen (secondary N) is 1. The highest BCUT2D eigenvalue weighted by Gasteiger charge is 2.38. The normalized spacial score (nSPS) is 19.6. The number of carboxylic acids is 1. The third-order valence-electron chi connectivity index (χ3n) is 4.62. The SMILES string of the molecule is C/C=C\CNc1cc(Cl)nc2c(Cl)c([C@H]3CCCC[C@@H]3N)sc12.O=C(O)C(F)(F)F. The summed E-state index contributed by atoms with van der Waals surface area (Å²) in [7, 11) is 0. The summed E-state index contributed by atoms with van der Waals surface area (Å²) in [6, 6.07) is 2.05. The van der Waals surface area contributed by atoms with Gasteiger partial charge in [-0.25, -0.2) is 9.78 Å². The van der Waals surface area contributed by atoms with Crippen LogP contribution in [-0.2, 0) is 4.79 Å². The third kappa shape index (κ3) is 6.23. The number of fused-ring (bicyclic) bond motifs is 1. The molecule has 2 atom stereocenters. The van der Waals surface area contributed by atoms with E-state index in [-0.39, 0.29) is 6.04 Å². The van der Waals surface area contributed by atoms with Gasteiger partial charge in [0.25, 0.3) is 0 Å². The first-order valence-corrected chi connectivity index (χ1v) is 10.8. The van der Waals surface area contributed by atoms with Crippen LogP contribution in [-0.4, -0.2) is 34.8 Å². The quantitative estimate of drug-likeness (QED) is 0.355. The summed E-state index contributed by atoms with van der Waals surface area (Å²) in [5.41, 5.74) is 8.12. The minimum atomic E-state index is -5.08. The van der Waals surface area contributed by atoms with Gasteiger partial charge in [0.05, 0.1) is 15.4 Å². The van der Waals surface area contributed by atoms with Crippen molar-refractivity contribution in [2.24, 2.45) is 5.73 Å². The van der Waals surface area contributed by atoms with Crippen LogP contribution < -0.4 is 11.1 Å². The van der Waals surface area contributed by atoms with Crippen molar-refractivity contribution in [1.82, 2.24) is 4.98 Å². The second-order valence-corrected chi connectivity index (χ2v) is 8.58. The lowest BCUT2D eigenvalue weighted by Gasteiger charge is -2.27. The summed E-state index contributed by atoms with van der Waals surface area (Å²) < 4.78 is 32.8. The first kappa shape index (κ1) is 24.7. The first-order chi connectivity index (χ1) is 14.1. The summed E-state index contributed by atoms with van der Waals surface area (Å²) in [6.45, 7) is 2.75. The smallest absolute Gasteiger partial charge is 0.475 e. The van der Waals surface area contributed by atoms with Crippen LogP contribution in [0.3, 0.4) is 0 Å². The second-order valence-electron chi connectivity index (χ2n) is 6.76. The van der Waals surface area contributed by atoms with E-state index >= 15 is 0 Å². The average molecular weight is 484 g/mol. The predicted molar refractivity (Wildman–Crippen MR) is 116 cm³/mol. The molecule has 5 nitrogen and oxygen atoms in total. The number of nitrogens with two attached hydrogens (primary N) is 1. The molecule has 1 saturated carbocycles. The van der Waals surface area contributed by atoms with Gasteiger partial charge >= 0.3 is 12.1 Å². The van der Waals surface area contributed by atoms with Gasteiger partial charge in [0.2, 0.25) is 0 Å². The Labute approximate surface area is 186 Å². The maximum atomic E-state index is 10.6. The zero-order valence-electron chi connectivity index (χ0n) is 16.1. The van der Waals surface area contributed by atoms with Crippen LogP contribution >= 0.6 is 34.5 Å². The van der Waals surface area contributed by atoms with Crippen LogP contribution in [0.4, 0.5) is 18.9 Å². The highest BCUT2D eigenvalue weighted by molar-refractivity contribution is 7.20. The molecule has 0 radical (unpaired) electrons. The Morgan fingerprint density at radius 1 is 1.40 bits per heavy atom. The molecule has 0 saturated heterocycles. The van der Waals surface area contributed by atoms with Crippen LogP contribution in [0, 0.1) is 0 Å². The van der Waals surface area contributed by atoms with Crippen molar-refractivity contribution in [3.05, 3.63) is 33.3 Å². The van der Waals surface area contributed by atoms with Gasteiger partial charge in [-0.3, -0.25) is 0 Å².